The zero-order valence-corrected chi connectivity index (χ0v) is 7.58. The van der Waals surface area contributed by atoms with Crippen LogP contribution in [0.2, 0.25) is 0 Å². The van der Waals surface area contributed by atoms with E-state index in [9.17, 15) is 9.59 Å². The van der Waals surface area contributed by atoms with Gasteiger partial charge in [0.2, 0.25) is 5.91 Å². The van der Waals surface area contributed by atoms with Gasteiger partial charge in [-0.1, -0.05) is 12.8 Å². The molecule has 1 saturated carbocycles. The van der Waals surface area contributed by atoms with E-state index in [1.807, 2.05) is 0 Å². The van der Waals surface area contributed by atoms with Crippen LogP contribution in [0.3, 0.4) is 0 Å². The van der Waals surface area contributed by atoms with E-state index in [1.165, 1.54) is 4.90 Å². The molecule has 0 aromatic rings. The average molecular weight is 182 g/mol. The summed E-state index contributed by atoms with van der Waals surface area (Å²) in [6.45, 7) is 0.501. The quantitative estimate of drug-likeness (QED) is 0.654. The van der Waals surface area contributed by atoms with Gasteiger partial charge in [-0.3, -0.25) is 9.69 Å². The van der Waals surface area contributed by atoms with Crippen molar-refractivity contribution in [3.63, 3.8) is 0 Å². The number of hydrogen-bond acceptors (Lipinski definition) is 2. The van der Waals surface area contributed by atoms with Crippen molar-refractivity contribution in [2.45, 2.75) is 38.1 Å². The summed E-state index contributed by atoms with van der Waals surface area (Å²) in [4.78, 5) is 24.3. The molecule has 0 spiro atoms. The van der Waals surface area contributed by atoms with Crippen molar-refractivity contribution in [1.29, 1.82) is 0 Å². The van der Waals surface area contributed by atoms with Crippen molar-refractivity contribution in [3.8, 4) is 0 Å². The maximum Gasteiger partial charge on any atom is 0.324 e. The van der Waals surface area contributed by atoms with E-state index in [-0.39, 0.29) is 18.0 Å². The highest BCUT2D eigenvalue weighted by Gasteiger charge is 2.33. The highest BCUT2D eigenvalue weighted by Crippen LogP contribution is 2.24. The zero-order valence-electron chi connectivity index (χ0n) is 7.58. The number of nitrogens with zero attached hydrogens (tertiary/aromatic N) is 1. The van der Waals surface area contributed by atoms with Crippen LogP contribution >= 0.6 is 0 Å². The van der Waals surface area contributed by atoms with Crippen molar-refractivity contribution in [2.75, 3.05) is 6.54 Å². The minimum absolute atomic E-state index is 0.00403. The lowest BCUT2D eigenvalue weighted by atomic mass is 10.2. The van der Waals surface area contributed by atoms with Gasteiger partial charge in [0.25, 0.3) is 0 Å². The Hall–Kier alpha value is -1.06. The number of urea groups is 1. The first kappa shape index (κ1) is 8.53. The summed E-state index contributed by atoms with van der Waals surface area (Å²) >= 11 is 0. The summed E-state index contributed by atoms with van der Waals surface area (Å²) in [5.41, 5.74) is 0. The molecule has 1 saturated heterocycles. The molecule has 1 aliphatic carbocycles. The first-order valence-corrected chi connectivity index (χ1v) is 4.89. The molecule has 4 heteroatoms. The van der Waals surface area contributed by atoms with Crippen LogP contribution in [0.5, 0.6) is 0 Å². The SMILES string of the molecule is O=C1CCNC(=O)N1C1CCCC1. The van der Waals surface area contributed by atoms with Gasteiger partial charge in [0.15, 0.2) is 0 Å². The van der Waals surface area contributed by atoms with E-state index in [1.54, 1.807) is 0 Å². The number of carbonyl (C=O) groups is 2. The Balaban J connectivity index is 2.08. The van der Waals surface area contributed by atoms with Gasteiger partial charge in [0.05, 0.1) is 0 Å². The predicted molar refractivity (Wildman–Crippen MR) is 47.1 cm³/mol. The third kappa shape index (κ3) is 1.53. The molecule has 13 heavy (non-hydrogen) atoms. The second-order valence-corrected chi connectivity index (χ2v) is 3.68. The monoisotopic (exact) mass is 182 g/mol. The van der Waals surface area contributed by atoms with Crippen LogP contribution in [0, 0.1) is 0 Å². The second kappa shape index (κ2) is 3.36. The standard InChI is InChI=1S/C9H14N2O2/c12-8-5-6-10-9(13)11(8)7-3-1-2-4-7/h7H,1-6H2,(H,10,13). The molecule has 4 nitrogen and oxygen atoms in total. The number of hydrogen-bond donors (Lipinski definition) is 1. The molecular formula is C9H14N2O2. The van der Waals surface area contributed by atoms with Gasteiger partial charge in [-0.25, -0.2) is 4.79 Å². The Morgan fingerprint density at radius 3 is 2.54 bits per heavy atom. The molecule has 3 amide bonds. The maximum atomic E-state index is 11.5. The van der Waals surface area contributed by atoms with Gasteiger partial charge in [0, 0.05) is 19.0 Å². The Morgan fingerprint density at radius 2 is 1.92 bits per heavy atom. The predicted octanol–water partition coefficient (Wildman–Crippen LogP) is 0.871. The molecule has 2 rings (SSSR count). The summed E-state index contributed by atoms with van der Waals surface area (Å²) in [5.74, 6) is -0.00403. The van der Waals surface area contributed by atoms with Crippen LogP contribution in [-0.2, 0) is 4.79 Å². The molecule has 1 aliphatic heterocycles. The highest BCUT2D eigenvalue weighted by molar-refractivity contribution is 5.97. The molecule has 1 heterocycles. The minimum Gasteiger partial charge on any atom is -0.337 e. The lowest BCUT2D eigenvalue weighted by Gasteiger charge is -2.30. The fraction of sp³-hybridized carbons (Fsp3) is 0.778. The van der Waals surface area contributed by atoms with E-state index in [4.69, 9.17) is 0 Å². The third-order valence-electron chi connectivity index (χ3n) is 2.79. The summed E-state index contributed by atoms with van der Waals surface area (Å²) in [6, 6.07) is -0.0176. The van der Waals surface area contributed by atoms with Crippen LogP contribution in [0.4, 0.5) is 4.79 Å². The van der Waals surface area contributed by atoms with Gasteiger partial charge >= 0.3 is 6.03 Å². The Labute approximate surface area is 77.3 Å². The number of carbonyl (C=O) groups excluding carboxylic acids is 2. The molecule has 2 aliphatic rings. The van der Waals surface area contributed by atoms with Crippen molar-refractivity contribution >= 4 is 11.9 Å². The number of nitrogens with one attached hydrogen (secondary N) is 1. The van der Waals surface area contributed by atoms with E-state index in [0.29, 0.717) is 13.0 Å². The lowest BCUT2D eigenvalue weighted by Crippen LogP contribution is -2.53. The molecule has 72 valence electrons. The number of amides is 3. The number of rotatable bonds is 1. The zero-order chi connectivity index (χ0) is 9.26. The van der Waals surface area contributed by atoms with Gasteiger partial charge in [-0.2, -0.15) is 0 Å². The molecule has 0 bridgehead atoms. The van der Waals surface area contributed by atoms with E-state index in [0.717, 1.165) is 25.7 Å². The molecule has 0 aromatic carbocycles. The largest absolute Gasteiger partial charge is 0.337 e. The third-order valence-corrected chi connectivity index (χ3v) is 2.79. The van der Waals surface area contributed by atoms with Crippen molar-refractivity contribution < 1.29 is 9.59 Å². The van der Waals surface area contributed by atoms with Crippen LogP contribution in [0.25, 0.3) is 0 Å². The normalized spacial score (nSPS) is 25.1. The Bertz CT molecular complexity index is 218. The summed E-state index contributed by atoms with van der Waals surface area (Å²) in [7, 11) is 0. The average Bonchev–Trinajstić information content (AvgIpc) is 2.57. The van der Waals surface area contributed by atoms with Crippen LogP contribution < -0.4 is 5.32 Å². The van der Waals surface area contributed by atoms with E-state index >= 15 is 0 Å². The topological polar surface area (TPSA) is 49.4 Å². The fourth-order valence-corrected chi connectivity index (χ4v) is 2.13. The van der Waals surface area contributed by atoms with Gasteiger partial charge in [0.1, 0.15) is 0 Å². The van der Waals surface area contributed by atoms with Gasteiger partial charge in [-0.05, 0) is 12.8 Å². The lowest BCUT2D eigenvalue weighted by molar-refractivity contribution is -0.131. The van der Waals surface area contributed by atoms with Gasteiger partial charge < -0.3 is 5.32 Å². The molecule has 0 unspecified atom stereocenters. The maximum absolute atomic E-state index is 11.5. The molecule has 0 aromatic heterocycles. The molecule has 0 radical (unpaired) electrons. The molecule has 2 fully saturated rings. The molecular weight excluding hydrogens is 168 g/mol. The summed E-state index contributed by atoms with van der Waals surface area (Å²) in [6.07, 6.45) is 4.71. The smallest absolute Gasteiger partial charge is 0.324 e. The van der Waals surface area contributed by atoms with E-state index in [2.05, 4.69) is 5.32 Å². The van der Waals surface area contributed by atoms with Crippen LogP contribution in [0.15, 0.2) is 0 Å². The van der Waals surface area contributed by atoms with Crippen molar-refractivity contribution in [3.05, 3.63) is 0 Å². The van der Waals surface area contributed by atoms with Crippen LogP contribution in [0.1, 0.15) is 32.1 Å². The molecule has 1 N–H and O–H groups in total. The minimum atomic E-state index is -0.192. The first-order chi connectivity index (χ1) is 6.29. The van der Waals surface area contributed by atoms with E-state index < -0.39 is 0 Å². The molecule has 0 atom stereocenters. The number of imide groups is 1. The van der Waals surface area contributed by atoms with Crippen molar-refractivity contribution in [2.24, 2.45) is 0 Å². The Morgan fingerprint density at radius 1 is 1.23 bits per heavy atom. The fourth-order valence-electron chi connectivity index (χ4n) is 2.13. The van der Waals surface area contributed by atoms with Gasteiger partial charge in [-0.15, -0.1) is 0 Å². The Kier molecular flexibility index (Phi) is 2.20. The first-order valence-electron chi connectivity index (χ1n) is 4.89. The van der Waals surface area contributed by atoms with Crippen molar-refractivity contribution in [1.82, 2.24) is 10.2 Å². The summed E-state index contributed by atoms with van der Waals surface area (Å²) in [5, 5.41) is 2.71. The summed E-state index contributed by atoms with van der Waals surface area (Å²) < 4.78 is 0. The second-order valence-electron chi connectivity index (χ2n) is 3.68. The van der Waals surface area contributed by atoms with Crippen LogP contribution in [-0.4, -0.2) is 29.4 Å². The highest BCUT2D eigenvalue weighted by atomic mass is 16.2.